The highest BCUT2D eigenvalue weighted by molar-refractivity contribution is 5.14. The van der Waals surface area contributed by atoms with Crippen molar-refractivity contribution in [3.8, 4) is 0 Å². The lowest BCUT2D eigenvalue weighted by Gasteiger charge is -2.36. The maximum atomic E-state index is 9.94. The van der Waals surface area contributed by atoms with Gasteiger partial charge in [-0.1, -0.05) is 30.3 Å². The van der Waals surface area contributed by atoms with Crippen molar-refractivity contribution in [1.29, 1.82) is 0 Å². The summed E-state index contributed by atoms with van der Waals surface area (Å²) in [6.45, 7) is 7.30. The van der Waals surface area contributed by atoms with Crippen LogP contribution in [-0.4, -0.2) is 16.3 Å². The number of aliphatic hydroxyl groups is 1. The molecule has 0 saturated heterocycles. The van der Waals surface area contributed by atoms with Gasteiger partial charge in [0.15, 0.2) is 0 Å². The van der Waals surface area contributed by atoms with Crippen LogP contribution in [0.3, 0.4) is 0 Å². The molecule has 0 aliphatic carbocycles. The largest absolute Gasteiger partial charge is 0.493 e. The summed E-state index contributed by atoms with van der Waals surface area (Å²) in [4.78, 5) is 0. The van der Waals surface area contributed by atoms with Gasteiger partial charge >= 0.3 is 0 Å². The van der Waals surface area contributed by atoms with E-state index >= 15 is 0 Å². The Morgan fingerprint density at radius 2 is 1.74 bits per heavy atom. The van der Waals surface area contributed by atoms with Crippen molar-refractivity contribution < 1.29 is 9.84 Å². The Kier molecular flexibility index (Phi) is 5.61. The van der Waals surface area contributed by atoms with E-state index in [1.807, 2.05) is 26.0 Å². The molecule has 0 radical (unpaired) electrons. The number of aryl methyl sites for hydroxylation is 1. The van der Waals surface area contributed by atoms with Gasteiger partial charge in [0.05, 0.1) is 11.9 Å². The molecule has 0 aromatic heterocycles. The monoisotopic (exact) mass is 262 g/mol. The molecule has 0 aliphatic rings. The van der Waals surface area contributed by atoms with Gasteiger partial charge in [-0.15, -0.1) is 0 Å². The third-order valence-electron chi connectivity index (χ3n) is 3.61. The Balaban J connectivity index is 2.25. The number of rotatable bonds is 7. The Labute approximate surface area is 117 Å². The fourth-order valence-electron chi connectivity index (χ4n) is 1.50. The first-order valence-corrected chi connectivity index (χ1v) is 6.92. The van der Waals surface area contributed by atoms with E-state index in [1.165, 1.54) is 5.56 Å². The first-order valence-electron chi connectivity index (χ1n) is 6.92. The number of unbranched alkanes of at least 4 members (excludes halogenated alkanes) is 1. The smallest absolute Gasteiger partial charge is 0.130 e. The van der Waals surface area contributed by atoms with Gasteiger partial charge in [-0.25, -0.2) is 0 Å². The highest BCUT2D eigenvalue weighted by Gasteiger charge is 2.36. The van der Waals surface area contributed by atoms with E-state index in [0.717, 1.165) is 19.3 Å². The lowest BCUT2D eigenvalue weighted by Crippen LogP contribution is -2.46. The van der Waals surface area contributed by atoms with Crippen LogP contribution in [-0.2, 0) is 11.2 Å². The van der Waals surface area contributed by atoms with Crippen molar-refractivity contribution in [3.05, 3.63) is 48.2 Å². The van der Waals surface area contributed by atoms with Gasteiger partial charge in [-0.2, -0.15) is 0 Å². The standard InChI is InChI=1S/C17H26O2/c1-16(2,18)17(3,4)19-14-10-6-9-13-15-11-7-5-8-12-15/h5,7-8,10-12,14,18H,6,9,13H2,1-4H3. The van der Waals surface area contributed by atoms with E-state index in [0.29, 0.717) is 0 Å². The Bertz CT molecular complexity index is 385. The van der Waals surface area contributed by atoms with Gasteiger partial charge in [0.1, 0.15) is 5.60 Å². The van der Waals surface area contributed by atoms with Crippen molar-refractivity contribution in [1.82, 2.24) is 0 Å². The van der Waals surface area contributed by atoms with E-state index in [4.69, 9.17) is 4.74 Å². The summed E-state index contributed by atoms with van der Waals surface area (Å²) in [6.07, 6.45) is 6.91. The zero-order valence-electron chi connectivity index (χ0n) is 12.5. The van der Waals surface area contributed by atoms with Crippen molar-refractivity contribution in [2.45, 2.75) is 58.2 Å². The lowest BCUT2D eigenvalue weighted by molar-refractivity contribution is -0.114. The summed E-state index contributed by atoms with van der Waals surface area (Å²) >= 11 is 0. The minimum atomic E-state index is -0.860. The molecule has 0 amide bonds. The Hall–Kier alpha value is -1.28. The average Bonchev–Trinajstić information content (AvgIpc) is 2.33. The SMILES string of the molecule is CC(C)(O)C(C)(C)OC=CCCCc1ccccc1. The first-order chi connectivity index (χ1) is 8.83. The molecule has 2 nitrogen and oxygen atoms in total. The second kappa shape index (κ2) is 6.76. The molecule has 1 aromatic rings. The minimum absolute atomic E-state index is 0.580. The van der Waals surface area contributed by atoms with Gasteiger partial charge in [-0.3, -0.25) is 0 Å². The first kappa shape index (κ1) is 15.8. The van der Waals surface area contributed by atoms with Crippen LogP contribution in [0.15, 0.2) is 42.7 Å². The summed E-state index contributed by atoms with van der Waals surface area (Å²) in [5.74, 6) is 0. The topological polar surface area (TPSA) is 29.5 Å². The molecule has 0 heterocycles. The number of allylic oxidation sites excluding steroid dienone is 1. The average molecular weight is 262 g/mol. The molecular formula is C17H26O2. The number of hydrogen-bond acceptors (Lipinski definition) is 2. The third kappa shape index (κ3) is 5.48. The Morgan fingerprint density at radius 1 is 1.11 bits per heavy atom. The second-order valence-corrected chi connectivity index (χ2v) is 5.94. The van der Waals surface area contributed by atoms with E-state index in [2.05, 4.69) is 24.3 Å². The van der Waals surface area contributed by atoms with Crippen LogP contribution in [0.5, 0.6) is 0 Å². The summed E-state index contributed by atoms with van der Waals surface area (Å²) in [5, 5.41) is 9.94. The van der Waals surface area contributed by atoms with Crippen molar-refractivity contribution in [2.75, 3.05) is 0 Å². The predicted octanol–water partition coefficient (Wildman–Crippen LogP) is 4.09. The normalized spacial score (nSPS) is 12.9. The molecule has 1 rings (SSSR count). The van der Waals surface area contributed by atoms with Crippen LogP contribution >= 0.6 is 0 Å². The third-order valence-corrected chi connectivity index (χ3v) is 3.61. The molecule has 19 heavy (non-hydrogen) atoms. The summed E-state index contributed by atoms with van der Waals surface area (Å²) < 4.78 is 5.62. The fourth-order valence-corrected chi connectivity index (χ4v) is 1.50. The van der Waals surface area contributed by atoms with Gasteiger partial charge in [0.25, 0.3) is 0 Å². The van der Waals surface area contributed by atoms with Crippen molar-refractivity contribution in [2.24, 2.45) is 0 Å². The Morgan fingerprint density at radius 3 is 2.32 bits per heavy atom. The molecule has 0 aliphatic heterocycles. The molecule has 2 heteroatoms. The molecule has 0 fully saturated rings. The van der Waals surface area contributed by atoms with Crippen LogP contribution in [0.25, 0.3) is 0 Å². The number of hydrogen-bond donors (Lipinski definition) is 1. The highest BCUT2D eigenvalue weighted by Crippen LogP contribution is 2.25. The van der Waals surface area contributed by atoms with E-state index in [1.54, 1.807) is 20.1 Å². The zero-order valence-corrected chi connectivity index (χ0v) is 12.5. The van der Waals surface area contributed by atoms with Crippen LogP contribution < -0.4 is 0 Å². The maximum absolute atomic E-state index is 9.94. The van der Waals surface area contributed by atoms with Gasteiger partial charge < -0.3 is 9.84 Å². The fraction of sp³-hybridized carbons (Fsp3) is 0.529. The minimum Gasteiger partial charge on any atom is -0.493 e. The zero-order chi connectivity index (χ0) is 14.4. The molecule has 0 saturated carbocycles. The summed E-state index contributed by atoms with van der Waals surface area (Å²) in [6, 6.07) is 10.5. The molecule has 0 spiro atoms. The number of ether oxygens (including phenoxy) is 1. The van der Waals surface area contributed by atoms with Gasteiger partial charge in [0, 0.05) is 0 Å². The quantitative estimate of drug-likeness (QED) is 0.592. The van der Waals surface area contributed by atoms with E-state index < -0.39 is 11.2 Å². The number of benzene rings is 1. The van der Waals surface area contributed by atoms with Crippen molar-refractivity contribution in [3.63, 3.8) is 0 Å². The van der Waals surface area contributed by atoms with E-state index in [-0.39, 0.29) is 0 Å². The molecule has 0 bridgehead atoms. The van der Waals surface area contributed by atoms with E-state index in [9.17, 15) is 5.11 Å². The van der Waals surface area contributed by atoms with Gasteiger partial charge in [-0.05, 0) is 58.6 Å². The summed E-state index contributed by atoms with van der Waals surface area (Å²) in [5.41, 5.74) is -0.0711. The molecule has 0 atom stereocenters. The maximum Gasteiger partial charge on any atom is 0.130 e. The molecule has 1 N–H and O–H groups in total. The van der Waals surface area contributed by atoms with Crippen LogP contribution in [0.2, 0.25) is 0 Å². The highest BCUT2D eigenvalue weighted by atomic mass is 16.5. The van der Waals surface area contributed by atoms with Gasteiger partial charge in [0.2, 0.25) is 0 Å². The second-order valence-electron chi connectivity index (χ2n) is 5.94. The van der Waals surface area contributed by atoms with Crippen LogP contribution in [0.4, 0.5) is 0 Å². The molecule has 1 aromatic carbocycles. The molecule has 106 valence electrons. The predicted molar refractivity (Wildman–Crippen MR) is 80.0 cm³/mol. The molecular weight excluding hydrogens is 236 g/mol. The lowest BCUT2D eigenvalue weighted by atomic mass is 9.90. The van der Waals surface area contributed by atoms with Crippen molar-refractivity contribution >= 4 is 0 Å². The summed E-state index contributed by atoms with van der Waals surface area (Å²) in [7, 11) is 0. The van der Waals surface area contributed by atoms with Crippen LogP contribution in [0.1, 0.15) is 46.1 Å². The molecule has 0 unspecified atom stereocenters. The van der Waals surface area contributed by atoms with Crippen LogP contribution in [0, 0.1) is 0 Å².